The van der Waals surface area contributed by atoms with Gasteiger partial charge in [0, 0.05) is 23.4 Å². The molecule has 102 valence electrons. The average molecular weight is 283 g/mol. The van der Waals surface area contributed by atoms with E-state index in [2.05, 4.69) is 5.32 Å². The Morgan fingerprint density at radius 3 is 2.58 bits per heavy atom. The first-order valence-corrected chi connectivity index (χ1v) is 6.01. The molecule has 0 aliphatic heterocycles. The van der Waals surface area contributed by atoms with Crippen molar-refractivity contribution < 1.29 is 9.72 Å². The molecule has 1 N–H and O–H groups in total. The number of carbonyl (C=O) groups excluding carboxylic acids is 1. The maximum atomic E-state index is 11.6. The van der Waals surface area contributed by atoms with Crippen LogP contribution in [0.15, 0.2) is 30.5 Å². The lowest BCUT2D eigenvalue weighted by Gasteiger charge is -2.13. The van der Waals surface area contributed by atoms with E-state index in [0.717, 1.165) is 0 Å². The van der Waals surface area contributed by atoms with E-state index in [1.54, 1.807) is 6.07 Å². The zero-order chi connectivity index (χ0) is 14.6. The van der Waals surface area contributed by atoms with Gasteiger partial charge in [-0.05, 0) is 18.2 Å². The molecule has 1 aromatic rings. The Morgan fingerprint density at radius 1 is 1.42 bits per heavy atom. The summed E-state index contributed by atoms with van der Waals surface area (Å²) in [6, 6.07) is 4.34. The van der Waals surface area contributed by atoms with E-state index < -0.39 is 10.3 Å². The van der Waals surface area contributed by atoms with Gasteiger partial charge in [-0.25, -0.2) is 0 Å². The fourth-order valence-electron chi connectivity index (χ4n) is 1.21. The van der Waals surface area contributed by atoms with E-state index >= 15 is 0 Å². The van der Waals surface area contributed by atoms with E-state index in [0.29, 0.717) is 5.69 Å². The molecule has 0 aliphatic carbocycles. The molecule has 19 heavy (non-hydrogen) atoms. The first kappa shape index (κ1) is 15.2. The Hall–Kier alpha value is -1.88. The van der Waals surface area contributed by atoms with Crippen LogP contribution in [0.4, 0.5) is 11.4 Å². The summed E-state index contributed by atoms with van der Waals surface area (Å²) in [5.41, 5.74) is -0.138. The minimum Gasteiger partial charge on any atom is -0.361 e. The van der Waals surface area contributed by atoms with Gasteiger partial charge in [0.15, 0.2) is 5.78 Å². The van der Waals surface area contributed by atoms with Crippen LogP contribution in [0.25, 0.3) is 0 Å². The lowest BCUT2D eigenvalue weighted by atomic mass is 9.91. The molecule has 0 aromatic heterocycles. The predicted molar refractivity (Wildman–Crippen MR) is 75.3 cm³/mol. The fourth-order valence-corrected chi connectivity index (χ4v) is 1.39. The molecule has 0 aliphatic rings. The second kappa shape index (κ2) is 5.84. The van der Waals surface area contributed by atoms with Crippen LogP contribution in [0.5, 0.6) is 0 Å². The molecule has 0 saturated heterocycles. The molecule has 0 atom stereocenters. The van der Waals surface area contributed by atoms with Gasteiger partial charge in [0.2, 0.25) is 0 Å². The van der Waals surface area contributed by atoms with Crippen molar-refractivity contribution in [1.82, 2.24) is 0 Å². The summed E-state index contributed by atoms with van der Waals surface area (Å²) in [6.07, 6.45) is 2.86. The van der Waals surface area contributed by atoms with Crippen molar-refractivity contribution in [2.75, 3.05) is 5.32 Å². The second-order valence-corrected chi connectivity index (χ2v) is 5.42. The molecule has 6 heteroatoms. The van der Waals surface area contributed by atoms with E-state index in [-0.39, 0.29) is 16.5 Å². The minimum atomic E-state index is -0.558. The number of carbonyl (C=O) groups is 1. The summed E-state index contributed by atoms with van der Waals surface area (Å²) < 4.78 is 0. The van der Waals surface area contributed by atoms with Gasteiger partial charge in [-0.1, -0.05) is 32.4 Å². The first-order chi connectivity index (χ1) is 8.71. The molecule has 0 heterocycles. The van der Waals surface area contributed by atoms with Crippen molar-refractivity contribution in [1.29, 1.82) is 0 Å². The summed E-state index contributed by atoms with van der Waals surface area (Å²) in [6.45, 7) is 5.44. The van der Waals surface area contributed by atoms with Crippen molar-refractivity contribution >= 4 is 28.8 Å². The Labute approximate surface area is 116 Å². The Bertz CT molecular complexity index is 533. The summed E-state index contributed by atoms with van der Waals surface area (Å²) in [5.74, 6) is -0.0385. The zero-order valence-corrected chi connectivity index (χ0v) is 11.7. The smallest absolute Gasteiger partial charge is 0.289 e. The van der Waals surface area contributed by atoms with Gasteiger partial charge in [0.1, 0.15) is 5.02 Å². The maximum Gasteiger partial charge on any atom is 0.289 e. The molecule has 0 unspecified atom stereocenters. The number of anilines is 1. The fraction of sp³-hybridized carbons (Fsp3) is 0.308. The van der Waals surface area contributed by atoms with Crippen LogP contribution in [-0.4, -0.2) is 10.7 Å². The largest absolute Gasteiger partial charge is 0.361 e. The van der Waals surface area contributed by atoms with Crippen molar-refractivity contribution in [2.45, 2.75) is 20.8 Å². The summed E-state index contributed by atoms with van der Waals surface area (Å²) in [7, 11) is 0. The molecule has 0 spiro atoms. The number of halogens is 1. The van der Waals surface area contributed by atoms with Crippen LogP contribution in [0.2, 0.25) is 5.02 Å². The monoisotopic (exact) mass is 282 g/mol. The summed E-state index contributed by atoms with van der Waals surface area (Å²) in [4.78, 5) is 21.8. The van der Waals surface area contributed by atoms with Gasteiger partial charge < -0.3 is 5.32 Å². The number of rotatable bonds is 4. The van der Waals surface area contributed by atoms with Crippen molar-refractivity contribution in [3.8, 4) is 0 Å². The standard InChI is InChI=1S/C13H15ClN2O3/c1-13(2,3)12(17)6-7-15-9-4-5-10(14)11(8-9)16(18)19/h4-8,15H,1-3H3. The van der Waals surface area contributed by atoms with Gasteiger partial charge in [-0.2, -0.15) is 0 Å². The van der Waals surface area contributed by atoms with Crippen molar-refractivity contribution in [2.24, 2.45) is 5.41 Å². The lowest BCUT2D eigenvalue weighted by Crippen LogP contribution is -2.17. The van der Waals surface area contributed by atoms with Gasteiger partial charge in [0.05, 0.1) is 4.92 Å². The lowest BCUT2D eigenvalue weighted by molar-refractivity contribution is -0.384. The maximum absolute atomic E-state index is 11.6. The normalized spacial score (nSPS) is 11.6. The highest BCUT2D eigenvalue weighted by Crippen LogP contribution is 2.27. The number of nitro groups is 1. The van der Waals surface area contributed by atoms with Crippen LogP contribution in [0.1, 0.15) is 20.8 Å². The quantitative estimate of drug-likeness (QED) is 0.518. The van der Waals surface area contributed by atoms with Crippen LogP contribution in [0.3, 0.4) is 0 Å². The molecule has 0 radical (unpaired) electrons. The van der Waals surface area contributed by atoms with Gasteiger partial charge in [0.25, 0.3) is 5.69 Å². The summed E-state index contributed by atoms with van der Waals surface area (Å²) in [5, 5.41) is 13.6. The molecular weight excluding hydrogens is 268 g/mol. The van der Waals surface area contributed by atoms with E-state index in [1.165, 1.54) is 24.4 Å². The van der Waals surface area contributed by atoms with Crippen LogP contribution in [-0.2, 0) is 4.79 Å². The third-order valence-corrected chi connectivity index (χ3v) is 2.69. The molecule has 0 bridgehead atoms. The predicted octanol–water partition coefficient (Wildman–Crippen LogP) is 3.79. The number of nitrogens with one attached hydrogen (secondary N) is 1. The van der Waals surface area contributed by atoms with Crippen molar-refractivity contribution in [3.63, 3.8) is 0 Å². The number of nitrogens with zero attached hydrogens (tertiary/aromatic N) is 1. The number of benzene rings is 1. The Kier molecular flexibility index (Phi) is 4.67. The zero-order valence-electron chi connectivity index (χ0n) is 10.9. The van der Waals surface area contributed by atoms with Crippen LogP contribution >= 0.6 is 11.6 Å². The van der Waals surface area contributed by atoms with E-state index in [1.807, 2.05) is 20.8 Å². The number of nitro benzene ring substituents is 1. The number of ketones is 1. The van der Waals surface area contributed by atoms with Crippen molar-refractivity contribution in [3.05, 3.63) is 45.6 Å². The number of allylic oxidation sites excluding steroid dienone is 1. The Balaban J connectivity index is 2.79. The van der Waals surface area contributed by atoms with Crippen LogP contribution in [0, 0.1) is 15.5 Å². The van der Waals surface area contributed by atoms with Gasteiger partial charge in [-0.3, -0.25) is 14.9 Å². The molecule has 5 nitrogen and oxygen atoms in total. The van der Waals surface area contributed by atoms with Crippen LogP contribution < -0.4 is 5.32 Å². The molecule has 1 aromatic carbocycles. The SMILES string of the molecule is CC(C)(C)C(=O)C=CNc1ccc(Cl)c([N+](=O)[O-])c1. The molecular formula is C13H15ClN2O3. The minimum absolute atomic E-state index is 0.0385. The second-order valence-electron chi connectivity index (χ2n) is 5.02. The van der Waals surface area contributed by atoms with Gasteiger partial charge >= 0.3 is 0 Å². The third kappa shape index (κ3) is 4.37. The van der Waals surface area contributed by atoms with Gasteiger partial charge in [-0.15, -0.1) is 0 Å². The first-order valence-electron chi connectivity index (χ1n) is 5.63. The number of hydrogen-bond acceptors (Lipinski definition) is 4. The average Bonchev–Trinajstić information content (AvgIpc) is 2.29. The molecule has 0 fully saturated rings. The highest BCUT2D eigenvalue weighted by Gasteiger charge is 2.18. The molecule has 1 rings (SSSR count). The molecule has 0 saturated carbocycles. The highest BCUT2D eigenvalue weighted by molar-refractivity contribution is 6.32. The Morgan fingerprint density at radius 2 is 2.05 bits per heavy atom. The van der Waals surface area contributed by atoms with E-state index in [9.17, 15) is 14.9 Å². The van der Waals surface area contributed by atoms with E-state index in [4.69, 9.17) is 11.6 Å². The summed E-state index contributed by atoms with van der Waals surface area (Å²) >= 11 is 5.69. The number of hydrogen-bond donors (Lipinski definition) is 1. The highest BCUT2D eigenvalue weighted by atomic mass is 35.5. The molecule has 0 amide bonds. The third-order valence-electron chi connectivity index (χ3n) is 2.37. The topological polar surface area (TPSA) is 72.2 Å².